The molecule has 0 saturated carbocycles. The first-order valence-electron chi connectivity index (χ1n) is 10.5. The molecule has 3 rings (SSSR count). The Kier molecular flexibility index (Phi) is 6.91. The smallest absolute Gasteiger partial charge is 0.226 e. The average Bonchev–Trinajstić information content (AvgIpc) is 3.24. The van der Waals surface area contributed by atoms with Crippen LogP contribution in [0.25, 0.3) is 5.69 Å². The second kappa shape index (κ2) is 9.43. The maximum atomic E-state index is 14.9. The molecule has 2 heterocycles. The predicted molar refractivity (Wildman–Crippen MR) is 120 cm³/mol. The van der Waals surface area contributed by atoms with E-state index in [4.69, 9.17) is 0 Å². The van der Waals surface area contributed by atoms with E-state index in [0.717, 1.165) is 23.1 Å². The Balaban J connectivity index is 1.88. The van der Waals surface area contributed by atoms with Crippen LogP contribution < -0.4 is 0 Å². The Labute approximate surface area is 183 Å². The normalized spacial score (nSPS) is 19.2. The number of carbonyl (C=O) groups is 1. The van der Waals surface area contributed by atoms with Crippen molar-refractivity contribution in [2.24, 2.45) is 0 Å². The summed E-state index contributed by atoms with van der Waals surface area (Å²) in [6, 6.07) is 6.87. The Morgan fingerprint density at radius 2 is 2.06 bits per heavy atom. The van der Waals surface area contributed by atoms with Crippen molar-refractivity contribution in [1.82, 2.24) is 14.7 Å². The van der Waals surface area contributed by atoms with E-state index >= 15 is 0 Å². The minimum atomic E-state index is -0.993. The first kappa shape index (κ1) is 22.7. The molecule has 1 N–H and O–H groups in total. The molecular formula is C25H30FN3O2. The van der Waals surface area contributed by atoms with Crippen LogP contribution in [0.5, 0.6) is 0 Å². The molecule has 0 radical (unpaired) electrons. The van der Waals surface area contributed by atoms with Crippen LogP contribution >= 0.6 is 0 Å². The highest BCUT2D eigenvalue weighted by molar-refractivity contribution is 5.78. The van der Waals surface area contributed by atoms with Gasteiger partial charge in [0.2, 0.25) is 5.91 Å². The number of allylic oxidation sites excluding steroid dienone is 2. The highest BCUT2D eigenvalue weighted by Gasteiger charge is 2.23. The zero-order valence-corrected chi connectivity index (χ0v) is 18.4. The van der Waals surface area contributed by atoms with Gasteiger partial charge in [0.05, 0.1) is 11.3 Å². The number of β-amino-alcohol motifs (C(OH)–C–C–N with tert-alkyl or cyclic N) is 1. The Morgan fingerprint density at radius 3 is 2.68 bits per heavy atom. The molecule has 0 bridgehead atoms. The molecular weight excluding hydrogens is 393 g/mol. The number of benzene rings is 1. The third kappa shape index (κ3) is 6.01. The van der Waals surface area contributed by atoms with E-state index in [9.17, 15) is 14.3 Å². The van der Waals surface area contributed by atoms with Crippen molar-refractivity contribution in [2.75, 3.05) is 13.1 Å². The molecule has 1 aromatic heterocycles. The molecule has 164 valence electrons. The standard InChI is InChI=1S/C25H30FN3O2/c1-5-19-13-18(2)16-28(17-25(3,4)31)24(30)10-8-20(19)14-21-7-9-22(15-23(21)26)29-12-6-11-27-29/h6-9,11-13,15,31H,2,5,10,14,16-17H2,1,3-4H3/b19-13-,20-8-. The van der Waals surface area contributed by atoms with Crippen molar-refractivity contribution in [3.8, 4) is 5.69 Å². The number of hydrogen-bond acceptors (Lipinski definition) is 3. The first-order chi connectivity index (χ1) is 14.7. The molecule has 5 nitrogen and oxygen atoms in total. The highest BCUT2D eigenvalue weighted by Crippen LogP contribution is 2.26. The quantitative estimate of drug-likeness (QED) is 0.750. The van der Waals surface area contributed by atoms with Crippen LogP contribution in [0.2, 0.25) is 0 Å². The molecule has 1 aliphatic rings. The van der Waals surface area contributed by atoms with E-state index in [2.05, 4.69) is 11.7 Å². The molecule has 1 aliphatic heterocycles. The lowest BCUT2D eigenvalue weighted by Gasteiger charge is -2.29. The Morgan fingerprint density at radius 1 is 1.29 bits per heavy atom. The topological polar surface area (TPSA) is 58.4 Å². The van der Waals surface area contributed by atoms with Crippen LogP contribution in [0.1, 0.15) is 39.2 Å². The van der Waals surface area contributed by atoms with E-state index in [1.54, 1.807) is 48.0 Å². The molecule has 0 saturated heterocycles. The summed E-state index contributed by atoms with van der Waals surface area (Å²) >= 11 is 0. The van der Waals surface area contributed by atoms with E-state index in [1.165, 1.54) is 6.07 Å². The molecule has 31 heavy (non-hydrogen) atoms. The zero-order valence-electron chi connectivity index (χ0n) is 18.4. The van der Waals surface area contributed by atoms with Gasteiger partial charge in [0.25, 0.3) is 0 Å². The molecule has 1 amide bonds. The van der Waals surface area contributed by atoms with Gasteiger partial charge in [-0.3, -0.25) is 4.79 Å². The van der Waals surface area contributed by atoms with Gasteiger partial charge >= 0.3 is 0 Å². The van der Waals surface area contributed by atoms with E-state index in [0.29, 0.717) is 24.2 Å². The summed E-state index contributed by atoms with van der Waals surface area (Å²) in [6.45, 7) is 10.1. The van der Waals surface area contributed by atoms with Gasteiger partial charge < -0.3 is 10.0 Å². The minimum absolute atomic E-state index is 0.0824. The van der Waals surface area contributed by atoms with Crippen LogP contribution in [-0.4, -0.2) is 44.4 Å². The molecule has 1 aromatic carbocycles. The second-order valence-corrected chi connectivity index (χ2v) is 8.58. The lowest BCUT2D eigenvalue weighted by atomic mass is 9.93. The number of aromatic nitrogens is 2. The average molecular weight is 424 g/mol. The largest absolute Gasteiger partial charge is 0.389 e. The maximum Gasteiger partial charge on any atom is 0.226 e. The van der Waals surface area contributed by atoms with Gasteiger partial charge in [0.1, 0.15) is 5.82 Å². The van der Waals surface area contributed by atoms with Crippen molar-refractivity contribution in [1.29, 1.82) is 0 Å². The fraction of sp³-hybridized carbons (Fsp3) is 0.360. The second-order valence-electron chi connectivity index (χ2n) is 8.58. The van der Waals surface area contributed by atoms with Crippen molar-refractivity contribution in [2.45, 2.75) is 45.6 Å². The number of rotatable bonds is 6. The summed E-state index contributed by atoms with van der Waals surface area (Å²) in [5.41, 5.74) is 2.98. The summed E-state index contributed by atoms with van der Waals surface area (Å²) in [7, 11) is 0. The van der Waals surface area contributed by atoms with E-state index in [-0.39, 0.29) is 24.7 Å². The van der Waals surface area contributed by atoms with Gasteiger partial charge in [-0.25, -0.2) is 9.07 Å². The number of hydrogen-bond donors (Lipinski definition) is 1. The van der Waals surface area contributed by atoms with Gasteiger partial charge in [-0.2, -0.15) is 5.10 Å². The lowest BCUT2D eigenvalue weighted by molar-refractivity contribution is -0.132. The predicted octanol–water partition coefficient (Wildman–Crippen LogP) is 4.38. The number of carbonyl (C=O) groups excluding carboxylic acids is 1. The van der Waals surface area contributed by atoms with Crippen molar-refractivity contribution in [3.63, 3.8) is 0 Å². The minimum Gasteiger partial charge on any atom is -0.389 e. The third-order valence-corrected chi connectivity index (χ3v) is 5.21. The zero-order chi connectivity index (χ0) is 22.6. The van der Waals surface area contributed by atoms with Crippen LogP contribution in [0.15, 0.2) is 72.1 Å². The summed E-state index contributed by atoms with van der Waals surface area (Å²) in [6.07, 6.45) is 8.62. The van der Waals surface area contributed by atoms with Gasteiger partial charge in [0.15, 0.2) is 0 Å². The first-order valence-corrected chi connectivity index (χ1v) is 10.5. The van der Waals surface area contributed by atoms with E-state index in [1.807, 2.05) is 25.1 Å². The fourth-order valence-corrected chi connectivity index (χ4v) is 3.76. The Bertz CT molecular complexity index is 1010. The van der Waals surface area contributed by atoms with Crippen LogP contribution in [0.3, 0.4) is 0 Å². The lowest BCUT2D eigenvalue weighted by Crippen LogP contribution is -2.42. The van der Waals surface area contributed by atoms with Crippen LogP contribution in [0.4, 0.5) is 4.39 Å². The molecule has 0 unspecified atom stereocenters. The number of halogens is 1. The highest BCUT2D eigenvalue weighted by atomic mass is 19.1. The molecule has 0 fully saturated rings. The summed E-state index contributed by atoms with van der Waals surface area (Å²) < 4.78 is 16.5. The Hall–Kier alpha value is -2.99. The van der Waals surface area contributed by atoms with Crippen LogP contribution in [-0.2, 0) is 11.2 Å². The monoisotopic (exact) mass is 423 g/mol. The summed E-state index contributed by atoms with van der Waals surface area (Å²) in [5, 5.41) is 14.3. The summed E-state index contributed by atoms with van der Waals surface area (Å²) in [4.78, 5) is 14.4. The molecule has 2 aromatic rings. The van der Waals surface area contributed by atoms with Gasteiger partial charge in [-0.05, 0) is 60.8 Å². The molecule has 0 aliphatic carbocycles. The number of aliphatic hydroxyl groups is 1. The maximum absolute atomic E-state index is 14.9. The third-order valence-electron chi connectivity index (χ3n) is 5.21. The fourth-order valence-electron chi connectivity index (χ4n) is 3.76. The van der Waals surface area contributed by atoms with Crippen molar-refractivity contribution >= 4 is 5.91 Å². The van der Waals surface area contributed by atoms with E-state index < -0.39 is 5.60 Å². The van der Waals surface area contributed by atoms with Crippen molar-refractivity contribution < 1.29 is 14.3 Å². The van der Waals surface area contributed by atoms with Crippen molar-refractivity contribution in [3.05, 3.63) is 83.5 Å². The molecule has 0 atom stereocenters. The van der Waals surface area contributed by atoms with Gasteiger partial charge in [-0.1, -0.05) is 31.7 Å². The van der Waals surface area contributed by atoms with Gasteiger partial charge in [0, 0.05) is 38.3 Å². The number of amides is 1. The SMILES string of the molecule is C=C1/C=C(CC)\C(Cc2ccc(-n3cccn3)cc2F)=C/CC(=O)N(CC(C)(C)O)C1. The summed E-state index contributed by atoms with van der Waals surface area (Å²) in [5.74, 6) is -0.390. The number of nitrogens with zero attached hydrogens (tertiary/aromatic N) is 3. The molecule has 0 spiro atoms. The van der Waals surface area contributed by atoms with Gasteiger partial charge in [-0.15, -0.1) is 0 Å². The molecule has 6 heteroatoms. The van der Waals surface area contributed by atoms with Crippen LogP contribution in [0, 0.1) is 5.82 Å².